The van der Waals surface area contributed by atoms with Crippen molar-refractivity contribution in [3.05, 3.63) is 56.8 Å². The van der Waals surface area contributed by atoms with Crippen LogP contribution in [0.1, 0.15) is 44.2 Å². The molecule has 0 aliphatic carbocycles. The molecule has 1 heterocycles. The highest BCUT2D eigenvalue weighted by molar-refractivity contribution is 7.13. The molecule has 0 saturated heterocycles. The van der Waals surface area contributed by atoms with Gasteiger partial charge in [0.05, 0.1) is 17.5 Å². The lowest BCUT2D eigenvalue weighted by molar-refractivity contribution is -0.120. The van der Waals surface area contributed by atoms with Gasteiger partial charge >= 0.3 is 0 Å². The molecule has 4 nitrogen and oxygen atoms in total. The molecule has 2 aromatic rings. The zero-order chi connectivity index (χ0) is 17.0. The topological polar surface area (TPSA) is 58.2 Å². The van der Waals surface area contributed by atoms with Gasteiger partial charge in [-0.15, -0.1) is 11.3 Å². The lowest BCUT2D eigenvalue weighted by atomic mass is 10.00. The van der Waals surface area contributed by atoms with E-state index in [-0.39, 0.29) is 24.4 Å². The van der Waals surface area contributed by atoms with Crippen LogP contribution in [0.3, 0.4) is 0 Å². The number of nitrogens with one attached hydrogen (secondary N) is 2. The third-order valence-corrected chi connectivity index (χ3v) is 4.65. The second-order valence-corrected chi connectivity index (χ2v) is 7.03. The van der Waals surface area contributed by atoms with Crippen molar-refractivity contribution in [2.24, 2.45) is 0 Å². The Hall–Kier alpha value is -2.14. The Balaban J connectivity index is 1.89. The molecule has 1 aromatic carbocycles. The van der Waals surface area contributed by atoms with Crippen molar-refractivity contribution in [3.8, 4) is 0 Å². The number of thiophene rings is 1. The van der Waals surface area contributed by atoms with Crippen LogP contribution in [0.5, 0.6) is 0 Å². The molecule has 23 heavy (non-hydrogen) atoms. The van der Waals surface area contributed by atoms with Crippen LogP contribution in [-0.4, -0.2) is 18.4 Å². The molecule has 1 aromatic heterocycles. The molecule has 5 heteroatoms. The first-order chi connectivity index (χ1) is 10.9. The third-order valence-electron chi connectivity index (χ3n) is 3.65. The first-order valence-corrected chi connectivity index (χ1v) is 8.39. The summed E-state index contributed by atoms with van der Waals surface area (Å²) < 4.78 is 0. The Kier molecular flexibility index (Phi) is 5.55. The molecular weight excluding hydrogens is 308 g/mol. The number of rotatable bonds is 5. The lowest BCUT2D eigenvalue weighted by Crippen LogP contribution is -2.38. The van der Waals surface area contributed by atoms with Gasteiger partial charge in [-0.25, -0.2) is 0 Å². The Morgan fingerprint density at radius 1 is 1.13 bits per heavy atom. The molecule has 0 spiro atoms. The molecular formula is C18H22N2O2S. The molecule has 2 N–H and O–H groups in total. The summed E-state index contributed by atoms with van der Waals surface area (Å²) in [5.41, 5.74) is 3.40. The molecule has 2 amide bonds. The Labute approximate surface area is 140 Å². The number of hydrogen-bond acceptors (Lipinski definition) is 3. The maximum atomic E-state index is 12.0. The number of benzene rings is 1. The van der Waals surface area contributed by atoms with Gasteiger partial charge in [0.15, 0.2) is 0 Å². The number of hydrogen-bond donors (Lipinski definition) is 2. The number of aryl methyl sites for hydroxylation is 3. The zero-order valence-electron chi connectivity index (χ0n) is 13.9. The van der Waals surface area contributed by atoms with E-state index in [1.54, 1.807) is 6.07 Å². The standard InChI is InChI=1S/C18H22N2O2S/c1-11-5-6-12(2)15(9-11)14(4)20-17(21)10-19-18(22)16-8-7-13(3)23-16/h5-9,14H,10H2,1-4H3,(H,19,22)(H,20,21). The van der Waals surface area contributed by atoms with Crippen molar-refractivity contribution in [3.63, 3.8) is 0 Å². The third kappa shape index (κ3) is 4.66. The second kappa shape index (κ2) is 7.42. The molecule has 122 valence electrons. The van der Waals surface area contributed by atoms with Crippen LogP contribution in [0.2, 0.25) is 0 Å². The highest BCUT2D eigenvalue weighted by atomic mass is 32.1. The van der Waals surface area contributed by atoms with Crippen LogP contribution in [0.25, 0.3) is 0 Å². The van der Waals surface area contributed by atoms with Crippen molar-refractivity contribution in [2.45, 2.75) is 33.7 Å². The summed E-state index contributed by atoms with van der Waals surface area (Å²) in [4.78, 5) is 25.7. The smallest absolute Gasteiger partial charge is 0.261 e. The number of amides is 2. The van der Waals surface area contributed by atoms with Crippen LogP contribution in [0.4, 0.5) is 0 Å². The summed E-state index contributed by atoms with van der Waals surface area (Å²) in [5, 5.41) is 5.58. The molecule has 0 radical (unpaired) electrons. The predicted octanol–water partition coefficient (Wildman–Crippen LogP) is 3.28. The van der Waals surface area contributed by atoms with Gasteiger partial charge < -0.3 is 10.6 Å². The summed E-state index contributed by atoms with van der Waals surface area (Å²) in [6.07, 6.45) is 0. The van der Waals surface area contributed by atoms with Gasteiger partial charge in [-0.3, -0.25) is 9.59 Å². The Bertz CT molecular complexity index is 722. The predicted molar refractivity (Wildman–Crippen MR) is 93.9 cm³/mol. The van der Waals surface area contributed by atoms with Gasteiger partial charge in [0.1, 0.15) is 0 Å². The minimum Gasteiger partial charge on any atom is -0.348 e. The second-order valence-electron chi connectivity index (χ2n) is 5.74. The molecule has 1 atom stereocenters. The van der Waals surface area contributed by atoms with Gasteiger partial charge in [0, 0.05) is 4.88 Å². The summed E-state index contributed by atoms with van der Waals surface area (Å²) in [6.45, 7) is 7.92. The van der Waals surface area contributed by atoms with Gasteiger partial charge in [0.25, 0.3) is 5.91 Å². The van der Waals surface area contributed by atoms with E-state index in [4.69, 9.17) is 0 Å². The average Bonchev–Trinajstić information content (AvgIpc) is 2.93. The van der Waals surface area contributed by atoms with Crippen LogP contribution in [-0.2, 0) is 4.79 Å². The van der Waals surface area contributed by atoms with E-state index in [0.29, 0.717) is 4.88 Å². The Morgan fingerprint density at radius 3 is 2.52 bits per heavy atom. The molecule has 0 aliphatic heterocycles. The number of carbonyl (C=O) groups excluding carboxylic acids is 2. The maximum Gasteiger partial charge on any atom is 0.261 e. The molecule has 0 saturated carbocycles. The normalized spacial score (nSPS) is 11.8. The highest BCUT2D eigenvalue weighted by Gasteiger charge is 2.14. The first-order valence-electron chi connectivity index (χ1n) is 7.58. The van der Waals surface area contributed by atoms with Gasteiger partial charge in [-0.1, -0.05) is 23.8 Å². The van der Waals surface area contributed by atoms with Crippen molar-refractivity contribution >= 4 is 23.2 Å². The van der Waals surface area contributed by atoms with E-state index in [9.17, 15) is 9.59 Å². The minimum absolute atomic E-state index is 0.0228. The molecule has 1 unspecified atom stereocenters. The largest absolute Gasteiger partial charge is 0.348 e. The van der Waals surface area contributed by atoms with Crippen molar-refractivity contribution in [1.82, 2.24) is 10.6 Å². The van der Waals surface area contributed by atoms with Gasteiger partial charge in [-0.2, -0.15) is 0 Å². The Morgan fingerprint density at radius 2 is 1.87 bits per heavy atom. The van der Waals surface area contributed by atoms with Crippen LogP contribution >= 0.6 is 11.3 Å². The quantitative estimate of drug-likeness (QED) is 0.884. The van der Waals surface area contributed by atoms with E-state index in [0.717, 1.165) is 21.6 Å². The summed E-state index contributed by atoms with van der Waals surface area (Å²) >= 11 is 1.42. The molecule has 0 aliphatic rings. The fourth-order valence-electron chi connectivity index (χ4n) is 2.40. The maximum absolute atomic E-state index is 12.0. The molecule has 0 fully saturated rings. The van der Waals surface area contributed by atoms with Gasteiger partial charge in [0.2, 0.25) is 5.91 Å². The van der Waals surface area contributed by atoms with Crippen molar-refractivity contribution in [1.29, 1.82) is 0 Å². The molecule has 0 bridgehead atoms. The highest BCUT2D eigenvalue weighted by Crippen LogP contribution is 2.18. The summed E-state index contributed by atoms with van der Waals surface area (Å²) in [6, 6.07) is 9.75. The van der Waals surface area contributed by atoms with E-state index in [2.05, 4.69) is 22.8 Å². The van der Waals surface area contributed by atoms with E-state index in [1.807, 2.05) is 39.8 Å². The van der Waals surface area contributed by atoms with E-state index < -0.39 is 0 Å². The lowest BCUT2D eigenvalue weighted by Gasteiger charge is -2.17. The summed E-state index contributed by atoms with van der Waals surface area (Å²) in [7, 11) is 0. The van der Waals surface area contributed by atoms with Crippen LogP contribution < -0.4 is 10.6 Å². The minimum atomic E-state index is -0.211. The SMILES string of the molecule is Cc1ccc(C)c(C(C)NC(=O)CNC(=O)c2ccc(C)s2)c1. The summed E-state index contributed by atoms with van der Waals surface area (Å²) in [5.74, 6) is -0.405. The van der Waals surface area contributed by atoms with E-state index >= 15 is 0 Å². The van der Waals surface area contributed by atoms with Crippen molar-refractivity contribution in [2.75, 3.05) is 6.54 Å². The fraction of sp³-hybridized carbons (Fsp3) is 0.333. The fourth-order valence-corrected chi connectivity index (χ4v) is 3.18. The van der Waals surface area contributed by atoms with Crippen molar-refractivity contribution < 1.29 is 9.59 Å². The van der Waals surface area contributed by atoms with Gasteiger partial charge in [-0.05, 0) is 51.0 Å². The monoisotopic (exact) mass is 330 g/mol. The zero-order valence-corrected chi connectivity index (χ0v) is 14.7. The van der Waals surface area contributed by atoms with Crippen LogP contribution in [0.15, 0.2) is 30.3 Å². The molecule has 2 rings (SSSR count). The first kappa shape index (κ1) is 17.2. The average molecular weight is 330 g/mol. The van der Waals surface area contributed by atoms with E-state index in [1.165, 1.54) is 11.3 Å². The van der Waals surface area contributed by atoms with Crippen LogP contribution in [0, 0.1) is 20.8 Å². The number of carbonyl (C=O) groups is 2.